The van der Waals surface area contributed by atoms with Crippen LogP contribution in [0.2, 0.25) is 0 Å². The number of hydrogen-bond acceptors (Lipinski definition) is 4. The number of rotatable bonds is 1. The fraction of sp³-hybridized carbons (Fsp3) is 0.857. The highest BCUT2D eigenvalue weighted by atomic mass is 15.2. The van der Waals surface area contributed by atoms with Crippen LogP contribution >= 0.6 is 0 Å². The van der Waals surface area contributed by atoms with Crippen LogP contribution in [0.3, 0.4) is 0 Å². The van der Waals surface area contributed by atoms with Crippen molar-refractivity contribution in [3.8, 4) is 0 Å². The van der Waals surface area contributed by atoms with Crippen LogP contribution in [0.25, 0.3) is 0 Å². The lowest BCUT2D eigenvalue weighted by molar-refractivity contribution is 0.0641. The van der Waals surface area contributed by atoms with Crippen molar-refractivity contribution in [1.82, 2.24) is 0 Å². The summed E-state index contributed by atoms with van der Waals surface area (Å²) in [6.07, 6.45) is 9.64. The van der Waals surface area contributed by atoms with Crippen LogP contribution in [0.1, 0.15) is 25.7 Å². The zero-order valence-corrected chi connectivity index (χ0v) is 10.8. The quantitative estimate of drug-likeness (QED) is 0.390. The van der Waals surface area contributed by atoms with Gasteiger partial charge in [0.15, 0.2) is 0 Å². The van der Waals surface area contributed by atoms with Gasteiger partial charge in [0.2, 0.25) is 0 Å². The van der Waals surface area contributed by atoms with Gasteiger partial charge < -0.3 is 22.9 Å². The second-order valence-corrected chi connectivity index (χ2v) is 7.25. The average molecular weight is 248 g/mol. The van der Waals surface area contributed by atoms with E-state index in [1.165, 1.54) is 12.8 Å². The molecule has 0 radical (unpaired) electrons. The molecular formula is C14H24N4. The number of fused-ring (bicyclic) bond motifs is 4. The van der Waals surface area contributed by atoms with Gasteiger partial charge in [-0.3, -0.25) is 0 Å². The van der Waals surface area contributed by atoms with Gasteiger partial charge in [-0.05, 0) is 61.2 Å². The van der Waals surface area contributed by atoms with E-state index < -0.39 is 11.3 Å². The molecule has 4 heteroatoms. The predicted molar refractivity (Wildman–Crippen MR) is 70.8 cm³/mol. The van der Waals surface area contributed by atoms with Crippen LogP contribution in [0.4, 0.5) is 0 Å². The van der Waals surface area contributed by atoms with Crippen molar-refractivity contribution >= 4 is 0 Å². The van der Waals surface area contributed by atoms with E-state index in [9.17, 15) is 0 Å². The summed E-state index contributed by atoms with van der Waals surface area (Å²) in [7, 11) is 0. The molecule has 4 rings (SSSR count). The topological polar surface area (TPSA) is 104 Å². The molecule has 0 aliphatic heterocycles. The number of allylic oxidation sites excluding steroid dienone is 2. The van der Waals surface area contributed by atoms with E-state index in [2.05, 4.69) is 12.2 Å². The highest BCUT2D eigenvalue weighted by Crippen LogP contribution is 2.60. The summed E-state index contributed by atoms with van der Waals surface area (Å²) in [5, 5.41) is 0. The average Bonchev–Trinajstić information content (AvgIpc) is 3.03. The van der Waals surface area contributed by atoms with E-state index in [1.54, 1.807) is 0 Å². The summed E-state index contributed by atoms with van der Waals surface area (Å²) in [5.74, 6) is 3.62. The molecule has 4 nitrogen and oxygen atoms in total. The molecule has 3 fully saturated rings. The number of hydrogen-bond donors (Lipinski definition) is 4. The van der Waals surface area contributed by atoms with E-state index in [-0.39, 0.29) is 0 Å². The van der Waals surface area contributed by atoms with E-state index in [0.29, 0.717) is 17.8 Å². The van der Waals surface area contributed by atoms with Crippen LogP contribution in [0.5, 0.6) is 0 Å². The van der Waals surface area contributed by atoms with Crippen molar-refractivity contribution < 1.29 is 0 Å². The molecule has 4 bridgehead atoms. The van der Waals surface area contributed by atoms with Crippen molar-refractivity contribution in [1.29, 1.82) is 0 Å². The Morgan fingerprint density at radius 2 is 1.56 bits per heavy atom. The molecule has 6 unspecified atom stereocenters. The Hall–Kier alpha value is -0.420. The van der Waals surface area contributed by atoms with Crippen LogP contribution in [0.15, 0.2) is 12.2 Å². The normalized spacial score (nSPS) is 54.4. The third-order valence-corrected chi connectivity index (χ3v) is 6.53. The van der Waals surface area contributed by atoms with Gasteiger partial charge in [0.1, 0.15) is 0 Å². The molecule has 0 amide bonds. The lowest BCUT2D eigenvalue weighted by Crippen LogP contribution is -2.79. The molecule has 4 aliphatic rings. The molecule has 0 aromatic rings. The molecule has 3 saturated carbocycles. The standard InChI is InChI=1S/C14H24N4/c15-13(16)9-5-11(12(6-9)14(13,17)18)10-4-7-1-2-8(10)3-7/h1-2,7-12H,3-6,15-18H2. The fourth-order valence-electron chi connectivity index (χ4n) is 5.47. The van der Waals surface area contributed by atoms with Crippen molar-refractivity contribution in [3.05, 3.63) is 12.2 Å². The minimum absolute atomic E-state index is 0.311. The Kier molecular flexibility index (Phi) is 2.02. The van der Waals surface area contributed by atoms with Crippen molar-refractivity contribution in [2.45, 2.75) is 37.0 Å². The summed E-state index contributed by atoms with van der Waals surface area (Å²) < 4.78 is 0. The van der Waals surface area contributed by atoms with Crippen LogP contribution in [-0.2, 0) is 0 Å². The van der Waals surface area contributed by atoms with Crippen LogP contribution in [0, 0.1) is 35.5 Å². The van der Waals surface area contributed by atoms with Gasteiger partial charge in [0.05, 0.1) is 11.3 Å². The molecule has 100 valence electrons. The fourth-order valence-corrected chi connectivity index (χ4v) is 5.47. The zero-order chi connectivity index (χ0) is 12.7. The van der Waals surface area contributed by atoms with Gasteiger partial charge in [0, 0.05) is 0 Å². The maximum absolute atomic E-state index is 6.31. The maximum atomic E-state index is 6.31. The zero-order valence-electron chi connectivity index (χ0n) is 10.8. The van der Waals surface area contributed by atoms with E-state index >= 15 is 0 Å². The minimum Gasteiger partial charge on any atom is -0.311 e. The van der Waals surface area contributed by atoms with Gasteiger partial charge in [-0.1, -0.05) is 12.2 Å². The summed E-state index contributed by atoms with van der Waals surface area (Å²) in [5.41, 5.74) is 23.2. The smallest absolute Gasteiger partial charge is 0.0990 e. The first kappa shape index (κ1) is 11.4. The van der Waals surface area contributed by atoms with E-state index in [0.717, 1.165) is 30.6 Å². The Balaban J connectivity index is 1.62. The van der Waals surface area contributed by atoms with E-state index in [4.69, 9.17) is 22.9 Å². The van der Waals surface area contributed by atoms with Crippen LogP contribution in [-0.4, -0.2) is 11.3 Å². The van der Waals surface area contributed by atoms with Gasteiger partial charge in [0.25, 0.3) is 0 Å². The van der Waals surface area contributed by atoms with Crippen molar-refractivity contribution in [2.75, 3.05) is 0 Å². The Morgan fingerprint density at radius 1 is 0.778 bits per heavy atom. The van der Waals surface area contributed by atoms with Gasteiger partial charge in [-0.2, -0.15) is 0 Å². The van der Waals surface area contributed by atoms with E-state index in [1.807, 2.05) is 0 Å². The monoisotopic (exact) mass is 248 g/mol. The molecule has 18 heavy (non-hydrogen) atoms. The van der Waals surface area contributed by atoms with Gasteiger partial charge >= 0.3 is 0 Å². The highest BCUT2D eigenvalue weighted by molar-refractivity contribution is 5.22. The Morgan fingerprint density at radius 3 is 2.06 bits per heavy atom. The minimum atomic E-state index is -0.883. The van der Waals surface area contributed by atoms with Crippen molar-refractivity contribution in [3.63, 3.8) is 0 Å². The third-order valence-electron chi connectivity index (χ3n) is 6.53. The molecule has 0 saturated heterocycles. The third kappa shape index (κ3) is 1.15. The summed E-state index contributed by atoms with van der Waals surface area (Å²) in [4.78, 5) is 0. The number of nitrogens with two attached hydrogens (primary N) is 4. The maximum Gasteiger partial charge on any atom is 0.0990 e. The SMILES string of the molecule is NC1(N)C2CC(C3CC4C=CC3C4)C(C2)C1(N)N. The molecular weight excluding hydrogens is 224 g/mol. The second kappa shape index (κ2) is 3.18. The largest absolute Gasteiger partial charge is 0.311 e. The highest BCUT2D eigenvalue weighted by Gasteiger charge is 2.66. The Labute approximate surface area is 108 Å². The van der Waals surface area contributed by atoms with Crippen molar-refractivity contribution in [2.24, 2.45) is 58.4 Å². The van der Waals surface area contributed by atoms with Gasteiger partial charge in [-0.15, -0.1) is 0 Å². The molecule has 0 aromatic carbocycles. The first-order chi connectivity index (χ1) is 8.41. The molecule has 0 heterocycles. The lowest BCUT2D eigenvalue weighted by atomic mass is 9.67. The summed E-state index contributed by atoms with van der Waals surface area (Å²) in [6.45, 7) is 0. The molecule has 4 aliphatic carbocycles. The second-order valence-electron chi connectivity index (χ2n) is 7.25. The summed E-state index contributed by atoms with van der Waals surface area (Å²) >= 11 is 0. The first-order valence-corrected chi connectivity index (χ1v) is 7.25. The predicted octanol–water partition coefficient (Wildman–Crippen LogP) is 0.0820. The molecule has 8 N–H and O–H groups in total. The Bertz CT molecular complexity index is 414. The van der Waals surface area contributed by atoms with Gasteiger partial charge in [-0.25, -0.2) is 0 Å². The molecule has 0 spiro atoms. The summed E-state index contributed by atoms with van der Waals surface area (Å²) in [6, 6.07) is 0. The molecule has 0 aromatic heterocycles. The molecule has 6 atom stereocenters. The van der Waals surface area contributed by atoms with Crippen LogP contribution < -0.4 is 22.9 Å². The first-order valence-electron chi connectivity index (χ1n) is 7.25. The lowest BCUT2D eigenvalue weighted by Gasteiger charge is -2.48.